The Kier molecular flexibility index (Phi) is 5.64. The maximum atomic E-state index is 14.7. The van der Waals surface area contributed by atoms with Crippen molar-refractivity contribution >= 4 is 11.8 Å². The predicted octanol–water partition coefficient (Wildman–Crippen LogP) is 4.93. The number of benzene rings is 2. The van der Waals surface area contributed by atoms with E-state index in [0.717, 1.165) is 17.7 Å². The number of amides is 2. The van der Waals surface area contributed by atoms with Crippen LogP contribution in [0.25, 0.3) is 0 Å². The number of nitrogens with zero attached hydrogens (tertiary/aromatic N) is 1. The SMILES string of the molecule is O=C1CC2(CCN(C(=O)C3(c4ccc(C(F)(F)F)cc4F)CC3)CC2)[C@H](c2ccc(F)cc2)CN1. The quantitative estimate of drug-likeness (QED) is 0.618. The van der Waals surface area contributed by atoms with E-state index in [0.29, 0.717) is 57.8 Å². The third-order valence-corrected chi connectivity index (χ3v) is 8.05. The molecule has 1 aliphatic carbocycles. The minimum Gasteiger partial charge on any atom is -0.355 e. The second kappa shape index (κ2) is 8.31. The van der Waals surface area contributed by atoms with Crippen molar-refractivity contribution in [3.8, 4) is 0 Å². The van der Waals surface area contributed by atoms with Crippen LogP contribution in [0.2, 0.25) is 0 Å². The molecule has 0 aromatic heterocycles. The Labute approximate surface area is 199 Å². The Balaban J connectivity index is 1.34. The summed E-state index contributed by atoms with van der Waals surface area (Å²) in [5.41, 5.74) is -1.65. The highest BCUT2D eigenvalue weighted by Gasteiger charge is 2.56. The Bertz CT molecular complexity index is 1150. The highest BCUT2D eigenvalue weighted by molar-refractivity contribution is 5.91. The molecule has 1 N–H and O–H groups in total. The molecule has 2 aromatic rings. The number of nitrogens with one attached hydrogen (secondary N) is 1. The van der Waals surface area contributed by atoms with E-state index < -0.39 is 23.0 Å². The smallest absolute Gasteiger partial charge is 0.355 e. The fraction of sp³-hybridized carbons (Fsp3) is 0.462. The lowest BCUT2D eigenvalue weighted by atomic mass is 9.62. The molecule has 2 heterocycles. The molecule has 3 aliphatic rings. The highest BCUT2D eigenvalue weighted by Crippen LogP contribution is 2.53. The largest absolute Gasteiger partial charge is 0.416 e. The minimum absolute atomic E-state index is 0.0111. The van der Waals surface area contributed by atoms with Crippen molar-refractivity contribution in [2.24, 2.45) is 5.41 Å². The number of alkyl halides is 3. The summed E-state index contributed by atoms with van der Waals surface area (Å²) in [5, 5.41) is 2.89. The van der Waals surface area contributed by atoms with Crippen molar-refractivity contribution in [2.45, 2.75) is 49.6 Å². The van der Waals surface area contributed by atoms with E-state index in [1.165, 1.54) is 12.1 Å². The molecular weight excluding hydrogens is 467 g/mol. The van der Waals surface area contributed by atoms with Crippen molar-refractivity contribution in [1.82, 2.24) is 10.2 Å². The average molecular weight is 492 g/mol. The van der Waals surface area contributed by atoms with Gasteiger partial charge in [0, 0.05) is 37.5 Å². The Morgan fingerprint density at radius 2 is 1.63 bits per heavy atom. The van der Waals surface area contributed by atoms with Gasteiger partial charge in [-0.3, -0.25) is 9.59 Å². The molecular formula is C26H25F5N2O2. The summed E-state index contributed by atoms with van der Waals surface area (Å²) in [6.45, 7) is 1.17. The van der Waals surface area contributed by atoms with Crippen molar-refractivity contribution in [1.29, 1.82) is 0 Å². The van der Waals surface area contributed by atoms with Gasteiger partial charge in [-0.25, -0.2) is 8.78 Å². The molecule has 0 bridgehead atoms. The number of hydrogen-bond acceptors (Lipinski definition) is 2. The molecule has 35 heavy (non-hydrogen) atoms. The predicted molar refractivity (Wildman–Crippen MR) is 117 cm³/mol. The van der Waals surface area contributed by atoms with Gasteiger partial charge in [0.1, 0.15) is 11.6 Å². The zero-order chi connectivity index (χ0) is 25.0. The van der Waals surface area contributed by atoms with E-state index in [4.69, 9.17) is 0 Å². The number of rotatable bonds is 3. The zero-order valence-corrected chi connectivity index (χ0v) is 18.9. The van der Waals surface area contributed by atoms with Gasteiger partial charge in [0.05, 0.1) is 11.0 Å². The highest BCUT2D eigenvalue weighted by atomic mass is 19.4. The van der Waals surface area contributed by atoms with Crippen LogP contribution < -0.4 is 5.32 Å². The monoisotopic (exact) mass is 492 g/mol. The molecule has 0 radical (unpaired) electrons. The maximum absolute atomic E-state index is 14.7. The molecule has 186 valence electrons. The third-order valence-electron chi connectivity index (χ3n) is 8.05. The number of piperidine rings is 2. The molecule has 9 heteroatoms. The summed E-state index contributed by atoms with van der Waals surface area (Å²) in [7, 11) is 0. The van der Waals surface area contributed by atoms with E-state index in [-0.39, 0.29) is 34.5 Å². The second-order valence-corrected chi connectivity index (χ2v) is 10.0. The number of halogens is 5. The van der Waals surface area contributed by atoms with Gasteiger partial charge in [0.15, 0.2) is 0 Å². The lowest BCUT2D eigenvalue weighted by molar-refractivity contribution is -0.138. The molecule has 2 aromatic carbocycles. The molecule has 1 spiro atoms. The topological polar surface area (TPSA) is 49.4 Å². The minimum atomic E-state index is -4.66. The first-order chi connectivity index (χ1) is 16.5. The summed E-state index contributed by atoms with van der Waals surface area (Å²) in [5.74, 6) is -1.72. The van der Waals surface area contributed by atoms with Gasteiger partial charge in [0.2, 0.25) is 11.8 Å². The Morgan fingerprint density at radius 3 is 2.20 bits per heavy atom. The summed E-state index contributed by atoms with van der Waals surface area (Å²) in [6.07, 6.45) is -2.48. The van der Waals surface area contributed by atoms with Crippen LogP contribution >= 0.6 is 0 Å². The van der Waals surface area contributed by atoms with E-state index in [9.17, 15) is 31.5 Å². The molecule has 1 atom stereocenters. The Hall–Kier alpha value is -2.97. The van der Waals surface area contributed by atoms with Crippen LogP contribution in [0.1, 0.15) is 54.7 Å². The average Bonchev–Trinajstić information content (AvgIpc) is 3.61. The zero-order valence-electron chi connectivity index (χ0n) is 18.9. The molecule has 0 unspecified atom stereocenters. The van der Waals surface area contributed by atoms with Gasteiger partial charge in [-0.15, -0.1) is 0 Å². The number of likely N-dealkylation sites (tertiary alicyclic amines) is 1. The van der Waals surface area contributed by atoms with Crippen LogP contribution in [-0.2, 0) is 21.2 Å². The number of carbonyl (C=O) groups excluding carboxylic acids is 2. The molecule has 3 fully saturated rings. The van der Waals surface area contributed by atoms with Gasteiger partial charge < -0.3 is 10.2 Å². The summed E-state index contributed by atoms with van der Waals surface area (Å²) in [6, 6.07) is 8.62. The first-order valence-corrected chi connectivity index (χ1v) is 11.7. The standard InChI is InChI=1S/C26H25F5N2O2/c27-18-4-1-16(2-5-18)20-15-32-22(34)14-24(20)9-11-33(12-10-24)23(35)25(7-8-25)19-6-3-17(13-21(19)28)26(29,30)31/h1-6,13,20H,7-12,14-15H2,(H,32,34)/t20-/m0/s1. The van der Waals surface area contributed by atoms with Gasteiger partial charge in [-0.1, -0.05) is 18.2 Å². The fourth-order valence-corrected chi connectivity index (χ4v) is 5.89. The van der Waals surface area contributed by atoms with E-state index in [1.54, 1.807) is 17.0 Å². The van der Waals surface area contributed by atoms with Gasteiger partial charge >= 0.3 is 6.18 Å². The molecule has 2 aliphatic heterocycles. The van der Waals surface area contributed by atoms with Crippen molar-refractivity contribution in [3.05, 3.63) is 70.8 Å². The van der Waals surface area contributed by atoms with Crippen LogP contribution in [0.5, 0.6) is 0 Å². The third kappa shape index (κ3) is 4.19. The first-order valence-electron chi connectivity index (χ1n) is 11.7. The van der Waals surface area contributed by atoms with E-state index in [2.05, 4.69) is 5.32 Å². The summed E-state index contributed by atoms with van der Waals surface area (Å²) in [4.78, 5) is 27.4. The molecule has 2 amide bonds. The Morgan fingerprint density at radius 1 is 0.971 bits per heavy atom. The van der Waals surface area contributed by atoms with Crippen LogP contribution in [0.15, 0.2) is 42.5 Å². The first kappa shape index (κ1) is 23.8. The van der Waals surface area contributed by atoms with E-state index >= 15 is 0 Å². The van der Waals surface area contributed by atoms with Crippen LogP contribution in [0.3, 0.4) is 0 Å². The summed E-state index contributed by atoms with van der Waals surface area (Å²) < 4.78 is 67.0. The van der Waals surface area contributed by atoms with E-state index in [1.807, 2.05) is 0 Å². The molecule has 2 saturated heterocycles. The lowest BCUT2D eigenvalue weighted by Crippen LogP contribution is -2.54. The number of hydrogen-bond donors (Lipinski definition) is 1. The molecule has 1 saturated carbocycles. The van der Waals surface area contributed by atoms with Gasteiger partial charge in [-0.2, -0.15) is 13.2 Å². The fourth-order valence-electron chi connectivity index (χ4n) is 5.89. The summed E-state index contributed by atoms with van der Waals surface area (Å²) >= 11 is 0. The maximum Gasteiger partial charge on any atom is 0.416 e. The second-order valence-electron chi connectivity index (χ2n) is 10.0. The van der Waals surface area contributed by atoms with Crippen molar-refractivity contribution < 1.29 is 31.5 Å². The number of carbonyl (C=O) groups is 2. The van der Waals surface area contributed by atoms with Crippen molar-refractivity contribution in [3.63, 3.8) is 0 Å². The van der Waals surface area contributed by atoms with Crippen LogP contribution in [0.4, 0.5) is 22.0 Å². The lowest BCUT2D eigenvalue weighted by Gasteiger charge is -2.49. The van der Waals surface area contributed by atoms with Crippen LogP contribution in [0, 0.1) is 17.0 Å². The van der Waals surface area contributed by atoms with Crippen molar-refractivity contribution in [2.75, 3.05) is 19.6 Å². The van der Waals surface area contributed by atoms with Gasteiger partial charge in [-0.05, 0) is 60.9 Å². The van der Waals surface area contributed by atoms with Gasteiger partial charge in [0.25, 0.3) is 0 Å². The molecule has 5 rings (SSSR count). The molecule has 4 nitrogen and oxygen atoms in total. The normalized spacial score (nSPS) is 23.2. The van der Waals surface area contributed by atoms with Crippen LogP contribution in [-0.4, -0.2) is 36.3 Å².